The van der Waals surface area contributed by atoms with Crippen molar-refractivity contribution < 1.29 is 18.8 Å². The third kappa shape index (κ3) is 6.27. The van der Waals surface area contributed by atoms with Gasteiger partial charge < -0.3 is 15.2 Å². The van der Waals surface area contributed by atoms with Crippen LogP contribution in [0.25, 0.3) is 11.0 Å². The third-order valence-electron chi connectivity index (χ3n) is 7.47. The van der Waals surface area contributed by atoms with E-state index in [4.69, 9.17) is 4.98 Å². The summed E-state index contributed by atoms with van der Waals surface area (Å²) in [5.74, 6) is -0.250. The number of rotatable bonds is 7. The highest BCUT2D eigenvalue weighted by molar-refractivity contribution is 6.04. The molecule has 3 aromatic rings. The molecule has 10 heteroatoms. The summed E-state index contributed by atoms with van der Waals surface area (Å²) >= 11 is 0. The highest BCUT2D eigenvalue weighted by atomic mass is 19.1. The summed E-state index contributed by atoms with van der Waals surface area (Å²) in [7, 11) is 0. The predicted molar refractivity (Wildman–Crippen MR) is 147 cm³/mol. The highest BCUT2D eigenvalue weighted by Crippen LogP contribution is 2.37. The van der Waals surface area contributed by atoms with Crippen molar-refractivity contribution in [3.8, 4) is 0 Å². The van der Waals surface area contributed by atoms with Crippen molar-refractivity contribution in [2.75, 3.05) is 25.0 Å². The van der Waals surface area contributed by atoms with Crippen LogP contribution in [-0.4, -0.2) is 57.8 Å². The quantitative estimate of drug-likeness (QED) is 0.429. The molecule has 9 nitrogen and oxygen atoms in total. The molecule has 0 bridgehead atoms. The first-order chi connectivity index (χ1) is 18.8. The molecule has 39 heavy (non-hydrogen) atoms. The number of halogens is 1. The first-order valence-corrected chi connectivity index (χ1v) is 13.6. The van der Waals surface area contributed by atoms with E-state index < -0.39 is 5.82 Å². The summed E-state index contributed by atoms with van der Waals surface area (Å²) in [5, 5.41) is 8.83. The molecule has 3 amide bonds. The number of carbonyl (C=O) groups excluding carboxylic acids is 3. The van der Waals surface area contributed by atoms with Gasteiger partial charge in [-0.1, -0.05) is 6.07 Å². The number of nitrogens with one attached hydrogen (secondary N) is 3. The van der Waals surface area contributed by atoms with Gasteiger partial charge >= 0.3 is 0 Å². The van der Waals surface area contributed by atoms with E-state index in [1.807, 2.05) is 26.0 Å². The van der Waals surface area contributed by atoms with Gasteiger partial charge in [-0.2, -0.15) is 0 Å². The fourth-order valence-corrected chi connectivity index (χ4v) is 5.55. The van der Waals surface area contributed by atoms with Crippen molar-refractivity contribution in [3.05, 3.63) is 59.4 Å². The molecule has 1 aliphatic heterocycles. The van der Waals surface area contributed by atoms with E-state index in [2.05, 4.69) is 31.5 Å². The monoisotopic (exact) mass is 534 g/mol. The van der Waals surface area contributed by atoms with Gasteiger partial charge in [-0.15, -0.1) is 0 Å². The van der Waals surface area contributed by atoms with E-state index >= 15 is 0 Å². The van der Waals surface area contributed by atoms with E-state index in [9.17, 15) is 18.8 Å². The molecule has 1 aromatic heterocycles. The first-order valence-electron chi connectivity index (χ1n) is 13.6. The molecule has 3 N–H and O–H groups in total. The van der Waals surface area contributed by atoms with Crippen molar-refractivity contribution >= 4 is 34.7 Å². The van der Waals surface area contributed by atoms with Gasteiger partial charge in [0, 0.05) is 43.2 Å². The van der Waals surface area contributed by atoms with Crippen LogP contribution in [0.15, 0.2) is 42.5 Å². The molecule has 2 aliphatic rings. The molecule has 2 aromatic carbocycles. The minimum Gasteiger partial charge on any atom is -0.354 e. The van der Waals surface area contributed by atoms with Crippen LogP contribution in [0.2, 0.25) is 0 Å². The number of nitrogens with zero attached hydrogens (tertiary/aromatic N) is 3. The van der Waals surface area contributed by atoms with Crippen LogP contribution in [0.1, 0.15) is 61.5 Å². The molecule has 5 rings (SSSR count). The number of anilines is 1. The second-order valence-corrected chi connectivity index (χ2v) is 10.8. The maximum absolute atomic E-state index is 13.4. The lowest BCUT2D eigenvalue weighted by molar-refractivity contribution is -0.126. The van der Waals surface area contributed by atoms with Crippen LogP contribution in [0.5, 0.6) is 0 Å². The Kier molecular flexibility index (Phi) is 7.92. The SMILES string of the molecule is CC(C)NC(=O)C1CCC(n2c(NC(=O)c3ccc(F)cc3)nc3ccc(CN4CCNC(=O)C4)cc32)CC1. The van der Waals surface area contributed by atoms with Crippen LogP contribution in [-0.2, 0) is 16.1 Å². The molecule has 1 saturated heterocycles. The van der Waals surface area contributed by atoms with E-state index in [1.54, 1.807) is 0 Å². The topological polar surface area (TPSA) is 108 Å². The molecular weight excluding hydrogens is 499 g/mol. The van der Waals surface area contributed by atoms with Gasteiger partial charge in [0.1, 0.15) is 5.82 Å². The second-order valence-electron chi connectivity index (χ2n) is 10.8. The maximum Gasteiger partial charge on any atom is 0.257 e. The average molecular weight is 535 g/mol. The van der Waals surface area contributed by atoms with Crippen molar-refractivity contribution in [2.45, 2.75) is 58.2 Å². The summed E-state index contributed by atoms with van der Waals surface area (Å²) in [5.41, 5.74) is 3.05. The Labute approximate surface area is 227 Å². The smallest absolute Gasteiger partial charge is 0.257 e. The van der Waals surface area contributed by atoms with Crippen LogP contribution in [0.3, 0.4) is 0 Å². The number of fused-ring (bicyclic) bond motifs is 1. The number of amides is 3. The zero-order valence-electron chi connectivity index (χ0n) is 22.4. The number of hydrogen-bond acceptors (Lipinski definition) is 5. The van der Waals surface area contributed by atoms with Crippen LogP contribution >= 0.6 is 0 Å². The lowest BCUT2D eigenvalue weighted by Gasteiger charge is -2.30. The third-order valence-corrected chi connectivity index (χ3v) is 7.47. The van der Waals surface area contributed by atoms with Crippen LogP contribution in [0.4, 0.5) is 10.3 Å². The summed E-state index contributed by atoms with van der Waals surface area (Å²) < 4.78 is 15.5. The van der Waals surface area contributed by atoms with Crippen molar-refractivity contribution in [1.82, 2.24) is 25.1 Å². The largest absolute Gasteiger partial charge is 0.354 e. The number of piperazine rings is 1. The molecule has 0 radical (unpaired) electrons. The Morgan fingerprint density at radius 2 is 1.85 bits per heavy atom. The standard InChI is InChI=1S/C29H35FN6O3/c1-18(2)32-27(38)21-6-10-23(11-7-21)36-25-15-19(16-35-14-13-31-26(37)17-35)3-12-24(25)33-29(36)34-28(39)20-4-8-22(30)9-5-20/h3-5,8-9,12,15,18,21,23H,6-7,10-11,13-14,16-17H2,1-2H3,(H,31,37)(H,32,38)(H,33,34,39). The summed E-state index contributed by atoms with van der Waals surface area (Å²) in [4.78, 5) is 44.4. The molecule has 1 aliphatic carbocycles. The normalized spacial score (nSPS) is 20.2. The Hall–Kier alpha value is -3.79. The van der Waals surface area contributed by atoms with Crippen LogP contribution in [0, 0.1) is 11.7 Å². The van der Waals surface area contributed by atoms with Gasteiger partial charge in [0.15, 0.2) is 0 Å². The van der Waals surface area contributed by atoms with E-state index in [0.29, 0.717) is 31.1 Å². The van der Waals surface area contributed by atoms with Crippen LogP contribution < -0.4 is 16.0 Å². The Bertz CT molecular complexity index is 1360. The fourth-order valence-electron chi connectivity index (χ4n) is 5.55. The Morgan fingerprint density at radius 3 is 2.54 bits per heavy atom. The average Bonchev–Trinajstić information content (AvgIpc) is 3.25. The molecule has 0 atom stereocenters. The van der Waals surface area contributed by atoms with E-state index in [-0.39, 0.29) is 35.7 Å². The summed E-state index contributed by atoms with van der Waals surface area (Å²) in [6.07, 6.45) is 3.04. The lowest BCUT2D eigenvalue weighted by atomic mass is 9.85. The Balaban J connectivity index is 1.43. The second kappa shape index (κ2) is 11.5. The number of aromatic nitrogens is 2. The molecule has 206 valence electrons. The van der Waals surface area contributed by atoms with Crippen molar-refractivity contribution in [3.63, 3.8) is 0 Å². The minimum absolute atomic E-state index is 0.0245. The zero-order chi connectivity index (χ0) is 27.5. The molecular formula is C29H35FN6O3. The molecule has 2 heterocycles. The number of imidazole rings is 1. The number of hydrogen-bond donors (Lipinski definition) is 3. The van der Waals surface area contributed by atoms with E-state index in [0.717, 1.165) is 48.8 Å². The predicted octanol–water partition coefficient (Wildman–Crippen LogP) is 3.62. The highest BCUT2D eigenvalue weighted by Gasteiger charge is 2.30. The van der Waals surface area contributed by atoms with Crippen molar-refractivity contribution in [2.24, 2.45) is 5.92 Å². The van der Waals surface area contributed by atoms with Gasteiger partial charge in [-0.05, 0) is 81.5 Å². The Morgan fingerprint density at radius 1 is 1.10 bits per heavy atom. The van der Waals surface area contributed by atoms with Gasteiger partial charge in [-0.25, -0.2) is 9.37 Å². The molecule has 0 spiro atoms. The lowest BCUT2D eigenvalue weighted by Crippen LogP contribution is -2.47. The van der Waals surface area contributed by atoms with Gasteiger partial charge in [-0.3, -0.25) is 24.6 Å². The zero-order valence-corrected chi connectivity index (χ0v) is 22.4. The number of benzene rings is 2. The van der Waals surface area contributed by atoms with E-state index in [1.165, 1.54) is 24.3 Å². The summed E-state index contributed by atoms with van der Waals surface area (Å²) in [6.45, 7) is 6.33. The van der Waals surface area contributed by atoms with Gasteiger partial charge in [0.2, 0.25) is 17.8 Å². The van der Waals surface area contributed by atoms with Crippen molar-refractivity contribution in [1.29, 1.82) is 0 Å². The fraction of sp³-hybridized carbons (Fsp3) is 0.448. The molecule has 1 saturated carbocycles. The summed E-state index contributed by atoms with van der Waals surface area (Å²) in [6, 6.07) is 11.6. The minimum atomic E-state index is -0.407. The number of carbonyl (C=O) groups is 3. The molecule has 0 unspecified atom stereocenters. The van der Waals surface area contributed by atoms with Gasteiger partial charge in [0.05, 0.1) is 17.6 Å². The molecule has 2 fully saturated rings. The first kappa shape index (κ1) is 26.8. The van der Waals surface area contributed by atoms with Gasteiger partial charge in [0.25, 0.3) is 5.91 Å². The maximum atomic E-state index is 13.4.